The van der Waals surface area contributed by atoms with E-state index in [-0.39, 0.29) is 23.6 Å². The largest absolute Gasteiger partial charge is 0.389 e. The zero-order valence-corrected chi connectivity index (χ0v) is 20.2. The van der Waals surface area contributed by atoms with Crippen molar-refractivity contribution in [3.63, 3.8) is 0 Å². The minimum atomic E-state index is -0.516. The average Bonchev–Trinajstić information content (AvgIpc) is 3.63. The number of amides is 1. The van der Waals surface area contributed by atoms with E-state index < -0.39 is 11.6 Å². The van der Waals surface area contributed by atoms with Crippen molar-refractivity contribution in [2.24, 2.45) is 5.92 Å². The van der Waals surface area contributed by atoms with Crippen molar-refractivity contribution in [1.29, 1.82) is 0 Å². The van der Waals surface area contributed by atoms with Crippen molar-refractivity contribution in [3.05, 3.63) is 60.3 Å². The lowest BCUT2D eigenvalue weighted by Crippen LogP contribution is -2.60. The highest BCUT2D eigenvalue weighted by atomic mass is 19.1. The fourth-order valence-electron chi connectivity index (χ4n) is 5.50. The van der Waals surface area contributed by atoms with E-state index in [1.165, 1.54) is 6.07 Å². The van der Waals surface area contributed by atoms with Gasteiger partial charge in [-0.25, -0.2) is 9.37 Å². The molecule has 8 nitrogen and oxygen atoms in total. The second-order valence-electron chi connectivity index (χ2n) is 10.3. The number of aliphatic hydroxyl groups is 1. The summed E-state index contributed by atoms with van der Waals surface area (Å²) in [5.41, 5.74) is 1.08. The smallest absolute Gasteiger partial charge is 0.229 e. The Balaban J connectivity index is 1.15. The number of aliphatic hydroxyl groups excluding tert-OH is 1. The summed E-state index contributed by atoms with van der Waals surface area (Å²) < 4.78 is 20.5. The number of carbonyl (C=O) groups excluding carboxylic acids is 1. The van der Waals surface area contributed by atoms with Gasteiger partial charge in [0.15, 0.2) is 0 Å². The quantitative estimate of drug-likeness (QED) is 0.567. The number of halogens is 1. The van der Waals surface area contributed by atoms with E-state index in [0.29, 0.717) is 56.3 Å². The summed E-state index contributed by atoms with van der Waals surface area (Å²) in [7, 11) is 0. The maximum atomic E-state index is 15.0. The first-order chi connectivity index (χ1) is 17.4. The number of fused-ring (bicyclic) bond motifs is 1. The fraction of sp³-hybridized carbons (Fsp3) is 0.444. The van der Waals surface area contributed by atoms with Gasteiger partial charge in [-0.15, -0.1) is 0 Å². The van der Waals surface area contributed by atoms with E-state index >= 15 is 4.39 Å². The summed E-state index contributed by atoms with van der Waals surface area (Å²) in [5, 5.41) is 14.8. The Labute approximate surface area is 209 Å². The first kappa shape index (κ1) is 23.3. The normalized spacial score (nSPS) is 28.4. The molecule has 2 saturated heterocycles. The van der Waals surface area contributed by atoms with E-state index in [9.17, 15) is 9.90 Å². The second kappa shape index (κ2) is 9.06. The molecule has 3 aliphatic rings. The molecular weight excluding hydrogens is 461 g/mol. The van der Waals surface area contributed by atoms with Crippen LogP contribution in [0.4, 0.5) is 15.9 Å². The van der Waals surface area contributed by atoms with Crippen molar-refractivity contribution < 1.29 is 19.0 Å². The second-order valence-corrected chi connectivity index (χ2v) is 10.3. The summed E-state index contributed by atoms with van der Waals surface area (Å²) in [4.78, 5) is 25.8. The zero-order valence-electron chi connectivity index (χ0n) is 20.2. The highest BCUT2D eigenvalue weighted by Crippen LogP contribution is 2.47. The molecule has 9 heteroatoms. The molecule has 1 aromatic carbocycles. The molecule has 3 fully saturated rings. The lowest BCUT2D eigenvalue weighted by Gasteiger charge is -2.45. The number of benzene rings is 1. The first-order valence-corrected chi connectivity index (χ1v) is 12.5. The van der Waals surface area contributed by atoms with Crippen molar-refractivity contribution >= 4 is 28.2 Å². The standard InChI is InChI=1S/C27H30FN5O3/c1-27(16-36-15-24(27)34)33-8-6-32(7-9-33)23-11-17-12-25(30-14-18(17)10-21(23)28)31-26(35)20-13-19(20)22-4-2-3-5-29-22/h2-5,10-12,14,19-20,24,34H,6-9,13,15-16H2,1H3,(H,30,31,35)/t19-,20-,24+,27-/m1/s1. The van der Waals surface area contributed by atoms with E-state index in [4.69, 9.17) is 4.74 Å². The number of ether oxygens (including phenoxy) is 1. The molecule has 2 aromatic heterocycles. The van der Waals surface area contributed by atoms with Crippen LogP contribution in [0.15, 0.2) is 48.8 Å². The molecule has 0 spiro atoms. The SMILES string of the molecule is C[C@@]1(N2CCN(c3cc4cc(NC(=O)[C@@H]5C[C@H]5c5ccccn5)ncc4cc3F)CC2)COC[C@@H]1O. The Bertz CT molecular complexity index is 1280. The Morgan fingerprint density at radius 3 is 2.72 bits per heavy atom. The van der Waals surface area contributed by atoms with Crippen LogP contribution in [0.25, 0.3) is 10.8 Å². The molecule has 3 aromatic rings. The molecule has 0 radical (unpaired) electrons. The van der Waals surface area contributed by atoms with Crippen LogP contribution in [0.1, 0.15) is 25.0 Å². The topological polar surface area (TPSA) is 90.8 Å². The maximum absolute atomic E-state index is 15.0. The van der Waals surface area contributed by atoms with Crippen molar-refractivity contribution in [2.75, 3.05) is 49.6 Å². The predicted molar refractivity (Wildman–Crippen MR) is 134 cm³/mol. The van der Waals surface area contributed by atoms with Crippen LogP contribution in [0.2, 0.25) is 0 Å². The molecule has 0 unspecified atom stereocenters. The van der Waals surface area contributed by atoms with Crippen molar-refractivity contribution in [1.82, 2.24) is 14.9 Å². The monoisotopic (exact) mass is 491 g/mol. The summed E-state index contributed by atoms with van der Waals surface area (Å²) >= 11 is 0. The molecule has 2 N–H and O–H groups in total. The van der Waals surface area contributed by atoms with E-state index in [2.05, 4.69) is 20.2 Å². The Kier molecular flexibility index (Phi) is 5.86. The minimum absolute atomic E-state index is 0.0671. The van der Waals surface area contributed by atoms with Crippen LogP contribution in [-0.4, -0.2) is 76.9 Å². The van der Waals surface area contributed by atoms with Crippen LogP contribution >= 0.6 is 0 Å². The van der Waals surface area contributed by atoms with Crippen LogP contribution < -0.4 is 10.2 Å². The van der Waals surface area contributed by atoms with Crippen LogP contribution in [0.5, 0.6) is 0 Å². The Morgan fingerprint density at radius 2 is 2.00 bits per heavy atom. The van der Waals surface area contributed by atoms with Gasteiger partial charge in [0.2, 0.25) is 5.91 Å². The van der Waals surface area contributed by atoms with Gasteiger partial charge in [-0.1, -0.05) is 6.07 Å². The molecule has 36 heavy (non-hydrogen) atoms. The Hall–Kier alpha value is -3.14. The first-order valence-electron chi connectivity index (χ1n) is 12.5. The number of aromatic nitrogens is 2. The highest BCUT2D eigenvalue weighted by molar-refractivity contribution is 5.96. The summed E-state index contributed by atoms with van der Waals surface area (Å²) in [5.74, 6) is 0.140. The number of nitrogens with zero attached hydrogens (tertiary/aromatic N) is 4. The number of pyridine rings is 2. The van der Waals surface area contributed by atoms with Gasteiger partial charge < -0.3 is 20.1 Å². The van der Waals surface area contributed by atoms with Crippen LogP contribution in [0.3, 0.4) is 0 Å². The molecule has 1 saturated carbocycles. The maximum Gasteiger partial charge on any atom is 0.229 e. The summed E-state index contributed by atoms with van der Waals surface area (Å²) in [6, 6.07) is 10.9. The third-order valence-electron chi connectivity index (χ3n) is 7.96. The average molecular weight is 492 g/mol. The van der Waals surface area contributed by atoms with Gasteiger partial charge in [0, 0.05) is 61.5 Å². The third kappa shape index (κ3) is 4.21. The van der Waals surface area contributed by atoms with E-state index in [1.807, 2.05) is 36.1 Å². The molecule has 2 aliphatic heterocycles. The van der Waals surface area contributed by atoms with Gasteiger partial charge in [0.25, 0.3) is 0 Å². The zero-order chi connectivity index (χ0) is 24.9. The number of hydrogen-bond acceptors (Lipinski definition) is 7. The molecule has 0 bridgehead atoms. The number of anilines is 2. The molecule has 188 valence electrons. The van der Waals surface area contributed by atoms with Crippen LogP contribution in [0, 0.1) is 11.7 Å². The van der Waals surface area contributed by atoms with Gasteiger partial charge in [0.05, 0.1) is 30.5 Å². The number of rotatable bonds is 5. The lowest BCUT2D eigenvalue weighted by molar-refractivity contribution is -0.117. The van der Waals surface area contributed by atoms with Gasteiger partial charge in [-0.05, 0) is 49.1 Å². The molecular formula is C27H30FN5O3. The van der Waals surface area contributed by atoms with Gasteiger partial charge >= 0.3 is 0 Å². The molecule has 4 atom stereocenters. The number of piperazine rings is 1. The fourth-order valence-corrected chi connectivity index (χ4v) is 5.50. The molecule has 6 rings (SSSR count). The van der Waals surface area contributed by atoms with Gasteiger partial charge in [-0.2, -0.15) is 0 Å². The van der Waals surface area contributed by atoms with Crippen molar-refractivity contribution in [2.45, 2.75) is 30.9 Å². The predicted octanol–water partition coefficient (Wildman–Crippen LogP) is 2.78. The third-order valence-corrected chi connectivity index (χ3v) is 7.96. The van der Waals surface area contributed by atoms with E-state index in [0.717, 1.165) is 17.5 Å². The molecule has 4 heterocycles. The van der Waals surface area contributed by atoms with Crippen molar-refractivity contribution in [3.8, 4) is 0 Å². The molecule has 1 aliphatic carbocycles. The number of hydrogen-bond donors (Lipinski definition) is 2. The number of carbonyl (C=O) groups is 1. The Morgan fingerprint density at radius 1 is 1.17 bits per heavy atom. The van der Waals surface area contributed by atoms with E-state index in [1.54, 1.807) is 18.5 Å². The van der Waals surface area contributed by atoms with Gasteiger partial charge in [0.1, 0.15) is 11.6 Å². The highest BCUT2D eigenvalue weighted by Gasteiger charge is 2.45. The summed E-state index contributed by atoms with van der Waals surface area (Å²) in [6.45, 7) is 5.61. The lowest BCUT2D eigenvalue weighted by atomic mass is 9.95. The van der Waals surface area contributed by atoms with Gasteiger partial charge in [-0.3, -0.25) is 14.7 Å². The minimum Gasteiger partial charge on any atom is -0.389 e. The van der Waals surface area contributed by atoms with Crippen LogP contribution in [-0.2, 0) is 9.53 Å². The summed E-state index contributed by atoms with van der Waals surface area (Å²) in [6.07, 6.45) is 3.61. The molecule has 1 amide bonds. The number of nitrogens with one attached hydrogen (secondary N) is 1.